The maximum Gasteiger partial charge on any atom is 0.247 e. The van der Waals surface area contributed by atoms with E-state index >= 15 is 0 Å². The van der Waals surface area contributed by atoms with Gasteiger partial charge in [-0.3, -0.25) is 25.3 Å². The lowest BCUT2D eigenvalue weighted by atomic mass is 9.91. The highest BCUT2D eigenvalue weighted by Crippen LogP contribution is 2.55. The van der Waals surface area contributed by atoms with Crippen LogP contribution < -0.4 is 15.8 Å². The van der Waals surface area contributed by atoms with Crippen molar-refractivity contribution in [2.45, 2.75) is 24.5 Å². The van der Waals surface area contributed by atoms with E-state index in [9.17, 15) is 9.59 Å². The van der Waals surface area contributed by atoms with Crippen molar-refractivity contribution in [3.05, 3.63) is 88.9 Å². The highest BCUT2D eigenvalue weighted by atomic mass is 32.2. The van der Waals surface area contributed by atoms with E-state index in [4.69, 9.17) is 17.2 Å². The number of thiocarbonyl (C=S) groups is 1. The van der Waals surface area contributed by atoms with Gasteiger partial charge in [-0.15, -0.1) is 11.3 Å². The van der Waals surface area contributed by atoms with Crippen molar-refractivity contribution in [3.8, 4) is 0 Å². The van der Waals surface area contributed by atoms with Crippen molar-refractivity contribution < 1.29 is 9.59 Å². The van der Waals surface area contributed by atoms with Crippen LogP contribution in [0.25, 0.3) is 21.4 Å². The van der Waals surface area contributed by atoms with Gasteiger partial charge in [-0.1, -0.05) is 67.3 Å². The SMILES string of the molecule is CCC1=C(c2nc3ccccc3s2)C(C2SC(=S)N(c3ccc(NNC=O)cc3)C2=O)c2ccccc21. The van der Waals surface area contributed by atoms with Crippen LogP contribution >= 0.6 is 35.3 Å². The maximum absolute atomic E-state index is 14.0. The van der Waals surface area contributed by atoms with Gasteiger partial charge in [0.25, 0.3) is 0 Å². The third-order valence-electron chi connectivity index (χ3n) is 6.71. The number of carbonyl (C=O) groups excluding carboxylic acids is 2. The normalized spacial score (nSPS) is 19.0. The third kappa shape index (κ3) is 4.03. The Hall–Kier alpha value is -3.53. The highest BCUT2D eigenvalue weighted by Gasteiger charge is 2.48. The summed E-state index contributed by atoms with van der Waals surface area (Å²) >= 11 is 8.87. The Kier molecular flexibility index (Phi) is 6.27. The molecule has 1 aliphatic carbocycles. The molecule has 2 aliphatic rings. The lowest BCUT2D eigenvalue weighted by Crippen LogP contribution is -2.33. The van der Waals surface area contributed by atoms with Crippen LogP contribution in [0.4, 0.5) is 11.4 Å². The number of carbonyl (C=O) groups is 2. The summed E-state index contributed by atoms with van der Waals surface area (Å²) in [5.74, 6) is -0.178. The van der Waals surface area contributed by atoms with Crippen molar-refractivity contribution >= 4 is 84.7 Å². The van der Waals surface area contributed by atoms with E-state index in [1.54, 1.807) is 28.4 Å². The van der Waals surface area contributed by atoms with Crippen molar-refractivity contribution in [3.63, 3.8) is 0 Å². The fourth-order valence-electron chi connectivity index (χ4n) is 5.16. The number of thioether (sulfide) groups is 1. The molecular weight excluding hydrogens is 521 g/mol. The van der Waals surface area contributed by atoms with Crippen LogP contribution in [-0.2, 0) is 9.59 Å². The van der Waals surface area contributed by atoms with Gasteiger partial charge in [0.05, 0.1) is 21.6 Å². The molecule has 6 nitrogen and oxygen atoms in total. The molecule has 1 fully saturated rings. The van der Waals surface area contributed by atoms with Gasteiger partial charge >= 0.3 is 0 Å². The topological polar surface area (TPSA) is 74.3 Å². The Balaban J connectivity index is 1.41. The van der Waals surface area contributed by atoms with E-state index in [0.29, 0.717) is 22.1 Å². The predicted octanol–water partition coefficient (Wildman–Crippen LogP) is 6.22. The zero-order valence-corrected chi connectivity index (χ0v) is 22.3. The zero-order valence-electron chi connectivity index (χ0n) is 19.8. The number of nitrogens with one attached hydrogen (secondary N) is 2. The van der Waals surface area contributed by atoms with Crippen molar-refractivity contribution in [2.24, 2.45) is 0 Å². The summed E-state index contributed by atoms with van der Waals surface area (Å²) in [7, 11) is 0. The summed E-state index contributed by atoms with van der Waals surface area (Å²) in [6.45, 7) is 2.16. The minimum absolute atomic E-state index is 0.0301. The lowest BCUT2D eigenvalue weighted by molar-refractivity contribution is -0.117. The Labute approximate surface area is 227 Å². The van der Waals surface area contributed by atoms with E-state index in [2.05, 4.69) is 42.0 Å². The van der Waals surface area contributed by atoms with Gasteiger partial charge in [-0.05, 0) is 59.5 Å². The van der Waals surface area contributed by atoms with Gasteiger partial charge in [0.1, 0.15) is 14.6 Å². The Morgan fingerprint density at radius 2 is 1.81 bits per heavy atom. The number of hydrazine groups is 1. The van der Waals surface area contributed by atoms with E-state index in [-0.39, 0.29) is 11.8 Å². The third-order valence-corrected chi connectivity index (χ3v) is 9.37. The van der Waals surface area contributed by atoms with Crippen LogP contribution in [0.3, 0.4) is 0 Å². The maximum atomic E-state index is 14.0. The van der Waals surface area contributed by atoms with Crippen LogP contribution in [0.1, 0.15) is 35.4 Å². The van der Waals surface area contributed by atoms with Crippen LogP contribution in [0, 0.1) is 0 Å². The average molecular weight is 543 g/mol. The summed E-state index contributed by atoms with van der Waals surface area (Å²) in [5, 5.41) is 0.573. The highest BCUT2D eigenvalue weighted by molar-refractivity contribution is 8.25. The first kappa shape index (κ1) is 23.8. The summed E-state index contributed by atoms with van der Waals surface area (Å²) < 4.78 is 1.67. The van der Waals surface area contributed by atoms with Crippen molar-refractivity contribution in [2.75, 3.05) is 10.3 Å². The molecule has 0 bridgehead atoms. The quantitative estimate of drug-likeness (QED) is 0.164. The molecule has 0 spiro atoms. The molecule has 0 saturated carbocycles. The largest absolute Gasteiger partial charge is 0.299 e. The summed E-state index contributed by atoms with van der Waals surface area (Å²) in [5.41, 5.74) is 12.3. The number of aromatic nitrogens is 1. The minimum Gasteiger partial charge on any atom is -0.299 e. The summed E-state index contributed by atoms with van der Waals surface area (Å²) in [4.78, 5) is 31.2. The number of rotatable bonds is 7. The molecule has 4 aromatic rings. The number of amides is 2. The Morgan fingerprint density at radius 3 is 2.57 bits per heavy atom. The molecule has 2 amide bonds. The van der Waals surface area contributed by atoms with E-state index in [1.807, 2.05) is 36.4 Å². The number of nitrogens with zero attached hydrogens (tertiary/aromatic N) is 2. The molecule has 37 heavy (non-hydrogen) atoms. The number of hydrogen-bond acceptors (Lipinski definition) is 7. The fraction of sp³-hybridized carbons (Fsp3) is 0.143. The molecule has 1 aliphatic heterocycles. The van der Waals surface area contributed by atoms with E-state index < -0.39 is 5.25 Å². The zero-order chi connectivity index (χ0) is 25.5. The fourth-order valence-corrected chi connectivity index (χ4v) is 7.88. The standard InChI is InChI=1S/C28H22N4O2S3/c1-2-18-19-7-3-4-8-20(19)23(24(18)26-30-21-9-5-6-10-22(21)36-26)25-27(34)32(28(35)37-25)17-13-11-16(12-14-17)31-29-15-33/h3-15,23,25,31H,2H2,1H3,(H,29,33). The van der Waals surface area contributed by atoms with E-state index in [1.165, 1.54) is 22.9 Å². The first-order valence-electron chi connectivity index (χ1n) is 11.9. The number of thiazole rings is 1. The lowest BCUT2D eigenvalue weighted by Gasteiger charge is -2.21. The van der Waals surface area contributed by atoms with Gasteiger partial charge in [0.15, 0.2) is 0 Å². The molecular formula is C28H22N4O2S3. The van der Waals surface area contributed by atoms with Crippen LogP contribution in [0.2, 0.25) is 0 Å². The van der Waals surface area contributed by atoms with Crippen LogP contribution in [0.15, 0.2) is 72.8 Å². The Bertz CT molecular complexity index is 1540. The molecule has 9 heteroatoms. The molecule has 1 saturated heterocycles. The monoisotopic (exact) mass is 542 g/mol. The number of hydrogen-bond donors (Lipinski definition) is 2. The molecule has 0 radical (unpaired) electrons. The molecule has 6 rings (SSSR count). The molecule has 2 N–H and O–H groups in total. The summed E-state index contributed by atoms with van der Waals surface area (Å²) in [6.07, 6.45) is 1.41. The molecule has 2 atom stereocenters. The van der Waals surface area contributed by atoms with Crippen LogP contribution in [0.5, 0.6) is 0 Å². The second kappa shape index (κ2) is 9.74. The van der Waals surface area contributed by atoms with E-state index in [0.717, 1.165) is 32.8 Å². The number of allylic oxidation sites excluding steroid dienone is 2. The molecule has 2 heterocycles. The van der Waals surface area contributed by atoms with Crippen molar-refractivity contribution in [1.82, 2.24) is 10.4 Å². The van der Waals surface area contributed by atoms with Gasteiger partial charge < -0.3 is 0 Å². The predicted molar refractivity (Wildman–Crippen MR) is 157 cm³/mol. The van der Waals surface area contributed by atoms with Gasteiger partial charge in [0, 0.05) is 11.5 Å². The van der Waals surface area contributed by atoms with Crippen molar-refractivity contribution in [1.29, 1.82) is 0 Å². The number of anilines is 2. The number of para-hydroxylation sites is 1. The van der Waals surface area contributed by atoms with Crippen LogP contribution in [-0.4, -0.2) is 26.9 Å². The first-order valence-corrected chi connectivity index (χ1v) is 14.0. The molecule has 184 valence electrons. The number of fused-ring (bicyclic) bond motifs is 2. The average Bonchev–Trinajstić information content (AvgIpc) is 3.58. The van der Waals surface area contributed by atoms with Gasteiger partial charge in [0.2, 0.25) is 12.3 Å². The summed E-state index contributed by atoms with van der Waals surface area (Å²) in [6, 6.07) is 23.8. The first-order chi connectivity index (χ1) is 18.1. The van der Waals surface area contributed by atoms with Gasteiger partial charge in [-0.25, -0.2) is 4.98 Å². The number of benzene rings is 3. The Morgan fingerprint density at radius 1 is 1.05 bits per heavy atom. The minimum atomic E-state index is -0.394. The van der Waals surface area contributed by atoms with Gasteiger partial charge in [-0.2, -0.15) is 0 Å². The molecule has 2 unspecified atom stereocenters. The second-order valence-electron chi connectivity index (χ2n) is 8.71. The molecule has 1 aromatic heterocycles. The molecule has 3 aromatic carbocycles. The smallest absolute Gasteiger partial charge is 0.247 e. The second-order valence-corrected chi connectivity index (χ2v) is 11.5.